The summed E-state index contributed by atoms with van der Waals surface area (Å²) in [6.45, 7) is -0.0584. The SMILES string of the molecule is O=C(c1cc(Cl)c2ccccc2n1)N(CCO)CCO. The quantitative estimate of drug-likeness (QED) is 0.872. The second-order valence-corrected chi connectivity index (χ2v) is 4.65. The van der Waals surface area contributed by atoms with Crippen molar-refractivity contribution in [2.45, 2.75) is 0 Å². The second kappa shape index (κ2) is 6.65. The molecule has 0 saturated carbocycles. The van der Waals surface area contributed by atoms with E-state index in [1.807, 2.05) is 18.2 Å². The largest absolute Gasteiger partial charge is 0.395 e. The van der Waals surface area contributed by atoms with E-state index in [1.54, 1.807) is 6.07 Å². The number of hydrogen-bond acceptors (Lipinski definition) is 4. The van der Waals surface area contributed by atoms with Gasteiger partial charge < -0.3 is 15.1 Å². The minimum absolute atomic E-state index is 0.144. The molecule has 2 N–H and O–H groups in total. The van der Waals surface area contributed by atoms with Gasteiger partial charge in [0.05, 0.1) is 23.8 Å². The Morgan fingerprint density at radius 2 is 1.85 bits per heavy atom. The van der Waals surface area contributed by atoms with E-state index in [-0.39, 0.29) is 37.9 Å². The number of nitrogens with zero attached hydrogens (tertiary/aromatic N) is 2. The average molecular weight is 295 g/mol. The van der Waals surface area contributed by atoms with Crippen molar-refractivity contribution in [1.82, 2.24) is 9.88 Å². The first-order valence-corrected chi connectivity index (χ1v) is 6.61. The molecule has 0 saturated heterocycles. The Morgan fingerprint density at radius 3 is 2.50 bits per heavy atom. The Kier molecular flexibility index (Phi) is 4.89. The third-order valence-electron chi connectivity index (χ3n) is 2.91. The molecule has 0 radical (unpaired) electrons. The van der Waals surface area contributed by atoms with Gasteiger partial charge in [-0.1, -0.05) is 29.8 Å². The third kappa shape index (κ3) is 3.07. The van der Waals surface area contributed by atoms with Crippen molar-refractivity contribution in [3.05, 3.63) is 41.0 Å². The molecule has 0 spiro atoms. The van der Waals surface area contributed by atoms with Crippen LogP contribution >= 0.6 is 11.6 Å². The van der Waals surface area contributed by atoms with E-state index in [1.165, 1.54) is 11.0 Å². The Bertz CT molecular complexity index is 612. The van der Waals surface area contributed by atoms with Crippen molar-refractivity contribution in [3.8, 4) is 0 Å². The molecule has 0 fully saturated rings. The van der Waals surface area contributed by atoms with Gasteiger partial charge in [-0.25, -0.2) is 4.98 Å². The predicted octanol–water partition coefficient (Wildman–Crippen LogP) is 1.31. The third-order valence-corrected chi connectivity index (χ3v) is 3.22. The van der Waals surface area contributed by atoms with Gasteiger partial charge in [-0.15, -0.1) is 0 Å². The highest BCUT2D eigenvalue weighted by atomic mass is 35.5. The molecule has 0 aliphatic rings. The highest BCUT2D eigenvalue weighted by Crippen LogP contribution is 2.23. The standard InChI is InChI=1S/C14H15ClN2O3/c15-11-9-13(14(20)17(5-7-18)6-8-19)16-12-4-2-1-3-10(11)12/h1-4,9,18-19H,5-8H2. The van der Waals surface area contributed by atoms with Crippen LogP contribution in [0.15, 0.2) is 30.3 Å². The van der Waals surface area contributed by atoms with Gasteiger partial charge in [0.15, 0.2) is 0 Å². The van der Waals surface area contributed by atoms with Gasteiger partial charge in [0.2, 0.25) is 0 Å². The summed E-state index contributed by atoms with van der Waals surface area (Å²) in [5, 5.41) is 19.2. The summed E-state index contributed by atoms with van der Waals surface area (Å²) in [4.78, 5) is 17.9. The lowest BCUT2D eigenvalue weighted by Crippen LogP contribution is -2.36. The number of para-hydroxylation sites is 1. The molecule has 20 heavy (non-hydrogen) atoms. The predicted molar refractivity (Wildman–Crippen MR) is 76.8 cm³/mol. The number of aromatic nitrogens is 1. The van der Waals surface area contributed by atoms with E-state index >= 15 is 0 Å². The molecule has 1 aromatic carbocycles. The zero-order valence-electron chi connectivity index (χ0n) is 10.8. The molecule has 0 aliphatic carbocycles. The van der Waals surface area contributed by atoms with Gasteiger partial charge in [0, 0.05) is 18.5 Å². The van der Waals surface area contributed by atoms with Gasteiger partial charge >= 0.3 is 0 Å². The Balaban J connectivity index is 2.38. The Labute approximate surface area is 121 Å². The van der Waals surface area contributed by atoms with Gasteiger partial charge in [-0.2, -0.15) is 0 Å². The minimum atomic E-state index is -0.360. The van der Waals surface area contributed by atoms with Crippen LogP contribution in [-0.2, 0) is 0 Å². The van der Waals surface area contributed by atoms with Gasteiger partial charge in [-0.3, -0.25) is 4.79 Å². The van der Waals surface area contributed by atoms with Gasteiger partial charge in [-0.05, 0) is 12.1 Å². The summed E-state index contributed by atoms with van der Waals surface area (Å²) < 4.78 is 0. The van der Waals surface area contributed by atoms with Crippen LogP contribution in [0.1, 0.15) is 10.5 Å². The smallest absolute Gasteiger partial charge is 0.272 e. The fourth-order valence-electron chi connectivity index (χ4n) is 1.96. The number of rotatable bonds is 5. The molecule has 0 atom stereocenters. The number of pyridine rings is 1. The van der Waals surface area contributed by atoms with Crippen LogP contribution in [0.2, 0.25) is 5.02 Å². The van der Waals surface area contributed by atoms with Crippen LogP contribution in [0.25, 0.3) is 10.9 Å². The van der Waals surface area contributed by atoms with Crippen LogP contribution in [0.5, 0.6) is 0 Å². The van der Waals surface area contributed by atoms with Crippen molar-refractivity contribution >= 4 is 28.4 Å². The number of aliphatic hydroxyl groups is 2. The highest BCUT2D eigenvalue weighted by molar-refractivity contribution is 6.35. The molecule has 5 nitrogen and oxygen atoms in total. The monoisotopic (exact) mass is 294 g/mol. The molecule has 2 rings (SSSR count). The normalized spacial score (nSPS) is 10.8. The van der Waals surface area contributed by atoms with E-state index in [2.05, 4.69) is 4.98 Å². The molecule has 2 aromatic rings. The number of benzene rings is 1. The van der Waals surface area contributed by atoms with Crippen LogP contribution in [0.3, 0.4) is 0 Å². The van der Waals surface area contributed by atoms with Crippen molar-refractivity contribution in [2.75, 3.05) is 26.3 Å². The van der Waals surface area contributed by atoms with Gasteiger partial charge in [0.25, 0.3) is 5.91 Å². The molecule has 106 valence electrons. The van der Waals surface area contributed by atoms with E-state index in [0.29, 0.717) is 10.5 Å². The van der Waals surface area contributed by atoms with Crippen molar-refractivity contribution in [3.63, 3.8) is 0 Å². The van der Waals surface area contributed by atoms with E-state index < -0.39 is 0 Å². The maximum absolute atomic E-state index is 12.3. The fraction of sp³-hybridized carbons (Fsp3) is 0.286. The lowest BCUT2D eigenvalue weighted by atomic mass is 10.2. The summed E-state index contributed by atoms with van der Waals surface area (Å²) in [6, 6.07) is 8.78. The average Bonchev–Trinajstić information content (AvgIpc) is 2.46. The van der Waals surface area contributed by atoms with Crippen molar-refractivity contribution in [1.29, 1.82) is 0 Å². The number of carbonyl (C=O) groups is 1. The first kappa shape index (κ1) is 14.7. The summed E-state index contributed by atoms with van der Waals surface area (Å²) in [7, 11) is 0. The molecule has 6 heteroatoms. The zero-order chi connectivity index (χ0) is 14.5. The molecule has 1 aromatic heterocycles. The molecule has 1 heterocycles. The molecule has 0 aliphatic heterocycles. The second-order valence-electron chi connectivity index (χ2n) is 4.25. The number of hydrogen-bond donors (Lipinski definition) is 2. The molecule has 0 unspecified atom stereocenters. The summed E-state index contributed by atoms with van der Waals surface area (Å²) >= 11 is 6.16. The number of halogens is 1. The summed E-state index contributed by atoms with van der Waals surface area (Å²) in [5.41, 5.74) is 0.840. The Hall–Kier alpha value is -1.69. The van der Waals surface area contributed by atoms with Gasteiger partial charge in [0.1, 0.15) is 5.69 Å². The molecular formula is C14H15ClN2O3. The minimum Gasteiger partial charge on any atom is -0.395 e. The highest BCUT2D eigenvalue weighted by Gasteiger charge is 2.17. The maximum Gasteiger partial charge on any atom is 0.272 e. The Morgan fingerprint density at radius 1 is 1.20 bits per heavy atom. The number of amides is 1. The first-order chi connectivity index (χ1) is 9.67. The summed E-state index contributed by atoms with van der Waals surface area (Å²) in [6.07, 6.45) is 0. The molecule has 0 bridgehead atoms. The molecular weight excluding hydrogens is 280 g/mol. The first-order valence-electron chi connectivity index (χ1n) is 6.23. The molecule has 1 amide bonds. The van der Waals surface area contributed by atoms with E-state index in [0.717, 1.165) is 5.39 Å². The fourth-order valence-corrected chi connectivity index (χ4v) is 2.22. The van der Waals surface area contributed by atoms with Crippen molar-refractivity contribution in [2.24, 2.45) is 0 Å². The van der Waals surface area contributed by atoms with Crippen LogP contribution in [0.4, 0.5) is 0 Å². The van der Waals surface area contributed by atoms with Crippen LogP contribution < -0.4 is 0 Å². The lowest BCUT2D eigenvalue weighted by Gasteiger charge is -2.20. The van der Waals surface area contributed by atoms with Crippen molar-refractivity contribution < 1.29 is 15.0 Å². The van der Waals surface area contributed by atoms with Crippen LogP contribution in [0, 0.1) is 0 Å². The number of fused-ring (bicyclic) bond motifs is 1. The number of aliphatic hydroxyl groups excluding tert-OH is 2. The lowest BCUT2D eigenvalue weighted by molar-refractivity contribution is 0.0679. The zero-order valence-corrected chi connectivity index (χ0v) is 11.5. The van der Waals surface area contributed by atoms with Crippen LogP contribution in [-0.4, -0.2) is 52.3 Å². The van der Waals surface area contributed by atoms with E-state index in [4.69, 9.17) is 21.8 Å². The summed E-state index contributed by atoms with van der Waals surface area (Å²) in [5.74, 6) is -0.360. The van der Waals surface area contributed by atoms with E-state index in [9.17, 15) is 4.79 Å². The number of carbonyl (C=O) groups excluding carboxylic acids is 1. The topological polar surface area (TPSA) is 73.7 Å². The maximum atomic E-state index is 12.3.